The van der Waals surface area contributed by atoms with Gasteiger partial charge in [-0.15, -0.1) is 0 Å². The van der Waals surface area contributed by atoms with E-state index in [0.29, 0.717) is 0 Å². The van der Waals surface area contributed by atoms with Gasteiger partial charge < -0.3 is 5.32 Å². The summed E-state index contributed by atoms with van der Waals surface area (Å²) in [5.74, 6) is 0.842. The van der Waals surface area contributed by atoms with E-state index in [4.69, 9.17) is 0 Å². The fourth-order valence-corrected chi connectivity index (χ4v) is 2.87. The highest BCUT2D eigenvalue weighted by atomic mass is 79.9. The summed E-state index contributed by atoms with van der Waals surface area (Å²) in [5, 5.41) is 3.67. The van der Waals surface area contributed by atoms with Gasteiger partial charge in [0.2, 0.25) is 0 Å². The van der Waals surface area contributed by atoms with Crippen molar-refractivity contribution < 1.29 is 0 Å². The van der Waals surface area contributed by atoms with Crippen LogP contribution >= 0.6 is 15.9 Å². The van der Waals surface area contributed by atoms with E-state index in [1.165, 1.54) is 34.9 Å². The molecule has 0 amide bonds. The second-order valence-electron chi connectivity index (χ2n) is 4.98. The van der Waals surface area contributed by atoms with Crippen LogP contribution in [0.25, 0.3) is 0 Å². The van der Waals surface area contributed by atoms with Crippen molar-refractivity contribution in [1.82, 2.24) is 5.32 Å². The number of benzene rings is 1. The highest BCUT2D eigenvalue weighted by Crippen LogP contribution is 2.25. The summed E-state index contributed by atoms with van der Waals surface area (Å²) in [6, 6.07) is 7.34. The third-order valence-corrected chi connectivity index (χ3v) is 4.52. The van der Waals surface area contributed by atoms with Crippen molar-refractivity contribution in [2.24, 2.45) is 5.92 Å². The third kappa shape index (κ3) is 2.86. The molecule has 2 rings (SSSR count). The van der Waals surface area contributed by atoms with Crippen LogP contribution < -0.4 is 5.32 Å². The molecule has 1 aliphatic carbocycles. The molecule has 0 aliphatic heterocycles. The van der Waals surface area contributed by atoms with E-state index in [-0.39, 0.29) is 0 Å². The second-order valence-corrected chi connectivity index (χ2v) is 5.83. The van der Waals surface area contributed by atoms with Crippen molar-refractivity contribution in [3.05, 3.63) is 33.8 Å². The Morgan fingerprint density at radius 3 is 2.81 bits per heavy atom. The van der Waals surface area contributed by atoms with E-state index in [2.05, 4.69) is 53.3 Å². The van der Waals surface area contributed by atoms with Crippen LogP contribution in [-0.2, 0) is 6.54 Å². The van der Waals surface area contributed by atoms with Crippen molar-refractivity contribution in [3.63, 3.8) is 0 Å². The lowest BCUT2D eigenvalue weighted by molar-refractivity contribution is 0.426. The Bertz CT molecular complexity index is 362. The molecule has 1 aliphatic rings. The number of hydrogen-bond acceptors (Lipinski definition) is 1. The van der Waals surface area contributed by atoms with Crippen molar-refractivity contribution >= 4 is 15.9 Å². The van der Waals surface area contributed by atoms with Crippen LogP contribution in [0.1, 0.15) is 37.3 Å². The summed E-state index contributed by atoms with van der Waals surface area (Å²) in [4.78, 5) is 0. The van der Waals surface area contributed by atoms with Crippen LogP contribution in [0, 0.1) is 12.8 Å². The molecule has 88 valence electrons. The Labute approximate surface area is 107 Å². The smallest absolute Gasteiger partial charge is 0.0208 e. The predicted octanol–water partition coefficient (Wildman–Crippen LogP) is 4.04. The second kappa shape index (κ2) is 5.33. The molecular weight excluding hydrogens is 262 g/mol. The van der Waals surface area contributed by atoms with Gasteiger partial charge in [-0.3, -0.25) is 0 Å². The van der Waals surface area contributed by atoms with Gasteiger partial charge in [-0.2, -0.15) is 0 Å². The fraction of sp³-hybridized carbons (Fsp3) is 0.571. The predicted molar refractivity (Wildman–Crippen MR) is 72.5 cm³/mol. The van der Waals surface area contributed by atoms with Crippen LogP contribution in [0.5, 0.6) is 0 Å². The van der Waals surface area contributed by atoms with Gasteiger partial charge in [0.05, 0.1) is 0 Å². The zero-order chi connectivity index (χ0) is 11.5. The van der Waals surface area contributed by atoms with E-state index in [9.17, 15) is 0 Å². The summed E-state index contributed by atoms with van der Waals surface area (Å²) in [5.41, 5.74) is 2.68. The minimum Gasteiger partial charge on any atom is -0.310 e. The van der Waals surface area contributed by atoms with Crippen molar-refractivity contribution in [3.8, 4) is 0 Å². The Morgan fingerprint density at radius 2 is 2.19 bits per heavy atom. The fourth-order valence-electron chi connectivity index (χ4n) is 2.44. The van der Waals surface area contributed by atoms with Gasteiger partial charge in [-0.05, 0) is 42.9 Å². The molecule has 0 radical (unpaired) electrons. The summed E-state index contributed by atoms with van der Waals surface area (Å²) in [7, 11) is 0. The van der Waals surface area contributed by atoms with E-state index in [0.717, 1.165) is 18.5 Å². The lowest BCUT2D eigenvalue weighted by Gasteiger charge is -2.17. The minimum atomic E-state index is 0.722. The first kappa shape index (κ1) is 12.1. The van der Waals surface area contributed by atoms with E-state index < -0.39 is 0 Å². The first-order chi connectivity index (χ1) is 7.66. The van der Waals surface area contributed by atoms with Gasteiger partial charge in [0.25, 0.3) is 0 Å². The standard InChI is InChI=1S/C14H20BrN/c1-10-6-7-12(8-13(10)15)9-16-14-5-3-4-11(14)2/h6-8,11,14,16H,3-5,9H2,1-2H3. The maximum atomic E-state index is 3.67. The topological polar surface area (TPSA) is 12.0 Å². The summed E-state index contributed by atoms with van der Waals surface area (Å²) in [6.45, 7) is 5.48. The molecule has 1 aromatic rings. The number of nitrogens with one attached hydrogen (secondary N) is 1. The zero-order valence-corrected chi connectivity index (χ0v) is 11.7. The SMILES string of the molecule is Cc1ccc(CNC2CCCC2C)cc1Br. The first-order valence-electron chi connectivity index (χ1n) is 6.15. The molecule has 0 bridgehead atoms. The molecule has 1 nitrogen and oxygen atoms in total. The maximum Gasteiger partial charge on any atom is 0.0208 e. The minimum absolute atomic E-state index is 0.722. The van der Waals surface area contributed by atoms with Crippen molar-refractivity contribution in [2.75, 3.05) is 0 Å². The Balaban J connectivity index is 1.91. The van der Waals surface area contributed by atoms with Crippen LogP contribution in [0.2, 0.25) is 0 Å². The molecule has 1 N–H and O–H groups in total. The van der Waals surface area contributed by atoms with Crippen molar-refractivity contribution in [1.29, 1.82) is 0 Å². The molecule has 0 saturated heterocycles. The normalized spacial score (nSPS) is 24.9. The molecule has 0 spiro atoms. The molecule has 1 saturated carbocycles. The highest BCUT2D eigenvalue weighted by molar-refractivity contribution is 9.10. The molecule has 0 aromatic heterocycles. The lowest BCUT2D eigenvalue weighted by atomic mass is 10.1. The Kier molecular flexibility index (Phi) is 4.04. The number of halogens is 1. The Hall–Kier alpha value is -0.340. The first-order valence-corrected chi connectivity index (χ1v) is 6.94. The monoisotopic (exact) mass is 281 g/mol. The summed E-state index contributed by atoms with van der Waals surface area (Å²) in [6.07, 6.45) is 4.11. The van der Waals surface area contributed by atoms with Crippen molar-refractivity contribution in [2.45, 2.75) is 45.7 Å². The average molecular weight is 282 g/mol. The van der Waals surface area contributed by atoms with Crippen LogP contribution in [0.3, 0.4) is 0 Å². The highest BCUT2D eigenvalue weighted by Gasteiger charge is 2.22. The summed E-state index contributed by atoms with van der Waals surface area (Å²) < 4.78 is 1.21. The third-order valence-electron chi connectivity index (χ3n) is 3.67. The molecule has 2 unspecified atom stereocenters. The maximum absolute atomic E-state index is 3.67. The van der Waals surface area contributed by atoms with Gasteiger partial charge in [-0.25, -0.2) is 0 Å². The molecular formula is C14H20BrN. The molecule has 2 atom stereocenters. The average Bonchev–Trinajstić information content (AvgIpc) is 2.66. The van der Waals surface area contributed by atoms with E-state index in [1.807, 2.05) is 0 Å². The van der Waals surface area contributed by atoms with Gasteiger partial charge >= 0.3 is 0 Å². The van der Waals surface area contributed by atoms with E-state index >= 15 is 0 Å². The van der Waals surface area contributed by atoms with Crippen LogP contribution in [0.4, 0.5) is 0 Å². The molecule has 2 heteroatoms. The van der Waals surface area contributed by atoms with Gasteiger partial charge in [0, 0.05) is 17.1 Å². The van der Waals surface area contributed by atoms with E-state index in [1.54, 1.807) is 0 Å². The largest absolute Gasteiger partial charge is 0.310 e. The number of hydrogen-bond donors (Lipinski definition) is 1. The quantitative estimate of drug-likeness (QED) is 0.882. The van der Waals surface area contributed by atoms with Crippen LogP contribution in [-0.4, -0.2) is 6.04 Å². The molecule has 0 heterocycles. The van der Waals surface area contributed by atoms with Gasteiger partial charge in [0.1, 0.15) is 0 Å². The van der Waals surface area contributed by atoms with Crippen LogP contribution in [0.15, 0.2) is 22.7 Å². The summed E-state index contributed by atoms with van der Waals surface area (Å²) >= 11 is 3.58. The lowest BCUT2D eigenvalue weighted by Crippen LogP contribution is -2.30. The Morgan fingerprint density at radius 1 is 1.38 bits per heavy atom. The molecule has 1 fully saturated rings. The number of rotatable bonds is 3. The molecule has 1 aromatic carbocycles. The molecule has 16 heavy (non-hydrogen) atoms. The zero-order valence-electron chi connectivity index (χ0n) is 10.1. The van der Waals surface area contributed by atoms with Gasteiger partial charge in [0.15, 0.2) is 0 Å². The number of aryl methyl sites for hydroxylation is 1. The van der Waals surface area contributed by atoms with Gasteiger partial charge in [-0.1, -0.05) is 41.4 Å².